The van der Waals surface area contributed by atoms with Crippen LogP contribution in [0.15, 0.2) is 0 Å². The molecule has 1 aliphatic heterocycles. The van der Waals surface area contributed by atoms with Crippen LogP contribution in [0.5, 0.6) is 0 Å². The van der Waals surface area contributed by atoms with Crippen molar-refractivity contribution in [2.75, 3.05) is 33.4 Å². The summed E-state index contributed by atoms with van der Waals surface area (Å²) in [5, 5.41) is 0. The van der Waals surface area contributed by atoms with Gasteiger partial charge in [-0.2, -0.15) is 0 Å². The normalized spacial score (nSPS) is 21.5. The van der Waals surface area contributed by atoms with E-state index < -0.39 is 0 Å². The first kappa shape index (κ1) is 13.0. The van der Waals surface area contributed by atoms with Crippen molar-refractivity contribution in [1.82, 2.24) is 4.90 Å². The molecule has 1 unspecified atom stereocenters. The molecule has 5 heteroatoms. The molecule has 1 atom stereocenters. The first-order chi connectivity index (χ1) is 7.67. The van der Waals surface area contributed by atoms with E-state index in [1.807, 2.05) is 4.90 Å². The lowest BCUT2D eigenvalue weighted by atomic mass is 9.98. The Labute approximate surface area is 95.7 Å². The van der Waals surface area contributed by atoms with Crippen LogP contribution in [0, 0.1) is 5.92 Å². The summed E-state index contributed by atoms with van der Waals surface area (Å²) in [7, 11) is 1.40. The van der Waals surface area contributed by atoms with Gasteiger partial charge in [-0.3, -0.25) is 14.5 Å². The number of esters is 2. The largest absolute Gasteiger partial charge is 0.469 e. The number of likely N-dealkylation sites (tertiary alicyclic amines) is 1. The summed E-state index contributed by atoms with van der Waals surface area (Å²) in [5.41, 5.74) is 0. The summed E-state index contributed by atoms with van der Waals surface area (Å²) in [6.45, 7) is 3.87. The highest BCUT2D eigenvalue weighted by Gasteiger charge is 2.27. The maximum absolute atomic E-state index is 11.4. The van der Waals surface area contributed by atoms with E-state index in [0.717, 1.165) is 19.4 Å². The third kappa shape index (κ3) is 3.81. The minimum absolute atomic E-state index is 0.104. The third-order valence-corrected chi connectivity index (χ3v) is 2.70. The summed E-state index contributed by atoms with van der Waals surface area (Å²) in [4.78, 5) is 24.6. The Hall–Kier alpha value is -1.10. The monoisotopic (exact) mass is 229 g/mol. The average molecular weight is 229 g/mol. The second-order valence-corrected chi connectivity index (χ2v) is 3.90. The predicted molar refractivity (Wildman–Crippen MR) is 57.8 cm³/mol. The molecule has 0 amide bonds. The number of nitrogens with zero attached hydrogens (tertiary/aromatic N) is 1. The van der Waals surface area contributed by atoms with Crippen LogP contribution in [0.25, 0.3) is 0 Å². The first-order valence-electron chi connectivity index (χ1n) is 5.63. The van der Waals surface area contributed by atoms with Gasteiger partial charge >= 0.3 is 11.9 Å². The molecule has 0 aromatic heterocycles. The molecular weight excluding hydrogens is 210 g/mol. The number of rotatable bonds is 4. The van der Waals surface area contributed by atoms with Crippen molar-refractivity contribution >= 4 is 11.9 Å². The van der Waals surface area contributed by atoms with Gasteiger partial charge in [0.25, 0.3) is 0 Å². The van der Waals surface area contributed by atoms with Crippen LogP contribution in [0.4, 0.5) is 0 Å². The van der Waals surface area contributed by atoms with Crippen molar-refractivity contribution in [1.29, 1.82) is 0 Å². The zero-order chi connectivity index (χ0) is 12.0. The van der Waals surface area contributed by atoms with Gasteiger partial charge in [-0.15, -0.1) is 0 Å². The van der Waals surface area contributed by atoms with Crippen LogP contribution in [0.3, 0.4) is 0 Å². The Morgan fingerprint density at radius 3 is 2.81 bits per heavy atom. The number of carbonyl (C=O) groups is 2. The Morgan fingerprint density at radius 2 is 2.19 bits per heavy atom. The van der Waals surface area contributed by atoms with Gasteiger partial charge < -0.3 is 9.47 Å². The first-order valence-corrected chi connectivity index (χ1v) is 5.63. The van der Waals surface area contributed by atoms with Crippen molar-refractivity contribution < 1.29 is 19.1 Å². The highest BCUT2D eigenvalue weighted by molar-refractivity contribution is 5.73. The van der Waals surface area contributed by atoms with E-state index in [1.54, 1.807) is 6.92 Å². The van der Waals surface area contributed by atoms with Crippen LogP contribution in [0.2, 0.25) is 0 Å². The Balaban J connectivity index is 2.38. The highest BCUT2D eigenvalue weighted by atomic mass is 16.5. The maximum atomic E-state index is 11.4. The van der Waals surface area contributed by atoms with Crippen molar-refractivity contribution in [3.63, 3.8) is 0 Å². The van der Waals surface area contributed by atoms with Gasteiger partial charge in [-0.05, 0) is 26.3 Å². The topological polar surface area (TPSA) is 55.8 Å². The molecule has 0 saturated carbocycles. The van der Waals surface area contributed by atoms with E-state index in [4.69, 9.17) is 9.47 Å². The zero-order valence-electron chi connectivity index (χ0n) is 9.90. The Kier molecular flexibility index (Phi) is 5.25. The lowest BCUT2D eigenvalue weighted by Gasteiger charge is -2.30. The van der Waals surface area contributed by atoms with E-state index in [2.05, 4.69) is 0 Å². The predicted octanol–water partition coefficient (Wildman–Crippen LogP) is 0.435. The lowest BCUT2D eigenvalue weighted by molar-refractivity contribution is -0.150. The van der Waals surface area contributed by atoms with Crippen LogP contribution in [-0.2, 0) is 19.1 Å². The van der Waals surface area contributed by atoms with E-state index in [1.165, 1.54) is 7.11 Å². The van der Waals surface area contributed by atoms with Crippen molar-refractivity contribution in [2.45, 2.75) is 19.8 Å². The second kappa shape index (κ2) is 6.48. The van der Waals surface area contributed by atoms with Crippen LogP contribution in [0.1, 0.15) is 19.8 Å². The van der Waals surface area contributed by atoms with E-state index in [9.17, 15) is 9.59 Å². The highest BCUT2D eigenvalue weighted by Crippen LogP contribution is 2.17. The lowest BCUT2D eigenvalue weighted by Crippen LogP contribution is -2.42. The summed E-state index contributed by atoms with van der Waals surface area (Å²) >= 11 is 0. The van der Waals surface area contributed by atoms with Gasteiger partial charge in [-0.25, -0.2) is 0 Å². The van der Waals surface area contributed by atoms with Gasteiger partial charge in [0.2, 0.25) is 0 Å². The third-order valence-electron chi connectivity index (χ3n) is 2.70. The van der Waals surface area contributed by atoms with Gasteiger partial charge in [0.15, 0.2) is 0 Å². The second-order valence-electron chi connectivity index (χ2n) is 3.90. The molecule has 16 heavy (non-hydrogen) atoms. The molecule has 1 aliphatic rings. The van der Waals surface area contributed by atoms with Gasteiger partial charge in [0.05, 0.1) is 26.2 Å². The summed E-state index contributed by atoms with van der Waals surface area (Å²) in [5.74, 6) is -0.519. The van der Waals surface area contributed by atoms with Gasteiger partial charge in [0.1, 0.15) is 0 Å². The molecule has 0 aliphatic carbocycles. The number of hydrogen-bond acceptors (Lipinski definition) is 5. The summed E-state index contributed by atoms with van der Waals surface area (Å²) in [6, 6.07) is 0. The molecule has 1 fully saturated rings. The molecule has 0 aromatic rings. The fourth-order valence-electron chi connectivity index (χ4n) is 1.95. The molecule has 1 heterocycles. The Bertz CT molecular complexity index is 254. The van der Waals surface area contributed by atoms with Crippen LogP contribution < -0.4 is 0 Å². The molecule has 92 valence electrons. The molecule has 0 bridgehead atoms. The molecule has 0 spiro atoms. The fraction of sp³-hybridized carbons (Fsp3) is 0.818. The number of ether oxygens (including phenoxy) is 2. The average Bonchev–Trinajstić information content (AvgIpc) is 2.28. The Morgan fingerprint density at radius 1 is 1.44 bits per heavy atom. The van der Waals surface area contributed by atoms with E-state index in [-0.39, 0.29) is 24.4 Å². The minimum atomic E-state index is -0.229. The van der Waals surface area contributed by atoms with Gasteiger partial charge in [-0.1, -0.05) is 0 Å². The van der Waals surface area contributed by atoms with E-state index >= 15 is 0 Å². The summed E-state index contributed by atoms with van der Waals surface area (Å²) in [6.07, 6.45) is 1.76. The smallest absolute Gasteiger partial charge is 0.320 e. The molecule has 1 rings (SSSR count). The summed E-state index contributed by atoms with van der Waals surface area (Å²) < 4.78 is 9.58. The van der Waals surface area contributed by atoms with Crippen molar-refractivity contribution in [2.24, 2.45) is 5.92 Å². The molecular formula is C11H19NO4. The standard InChI is InChI=1S/C11H19NO4/c1-3-16-10(13)8-12-6-4-5-9(7-12)11(14)15-2/h9H,3-8H2,1-2H3. The number of piperidine rings is 1. The molecule has 5 nitrogen and oxygen atoms in total. The molecule has 0 N–H and O–H groups in total. The van der Waals surface area contributed by atoms with Crippen LogP contribution >= 0.6 is 0 Å². The van der Waals surface area contributed by atoms with Gasteiger partial charge in [0, 0.05) is 6.54 Å². The van der Waals surface area contributed by atoms with Crippen LogP contribution in [-0.4, -0.2) is 50.2 Å². The van der Waals surface area contributed by atoms with Crippen molar-refractivity contribution in [3.8, 4) is 0 Å². The molecule has 0 radical (unpaired) electrons. The quantitative estimate of drug-likeness (QED) is 0.654. The van der Waals surface area contributed by atoms with E-state index in [0.29, 0.717) is 13.2 Å². The SMILES string of the molecule is CCOC(=O)CN1CCCC(C(=O)OC)C1. The number of methoxy groups -OCH3 is 1. The maximum Gasteiger partial charge on any atom is 0.320 e. The fourth-order valence-corrected chi connectivity index (χ4v) is 1.95. The van der Waals surface area contributed by atoms with Crippen molar-refractivity contribution in [3.05, 3.63) is 0 Å². The minimum Gasteiger partial charge on any atom is -0.469 e. The zero-order valence-corrected chi connectivity index (χ0v) is 9.90. The molecule has 0 aromatic carbocycles. The molecule has 1 saturated heterocycles. The number of carbonyl (C=O) groups excluding carboxylic acids is 2. The number of hydrogen-bond donors (Lipinski definition) is 0.